The Morgan fingerprint density at radius 2 is 1.70 bits per heavy atom. The quantitative estimate of drug-likeness (QED) is 0.544. The number of nitrogens with zero attached hydrogens (tertiary/aromatic N) is 2. The number of carboxylic acids is 1. The number of piperazine rings is 1. The van der Waals surface area contributed by atoms with E-state index in [1.807, 2.05) is 18.2 Å². The van der Waals surface area contributed by atoms with Crippen LogP contribution in [0.4, 0.5) is 5.69 Å². The van der Waals surface area contributed by atoms with E-state index in [4.69, 9.17) is 9.84 Å². The fourth-order valence-electron chi connectivity index (χ4n) is 5.37. The lowest BCUT2D eigenvalue weighted by atomic mass is 9.83. The van der Waals surface area contributed by atoms with Gasteiger partial charge < -0.3 is 19.8 Å². The van der Waals surface area contributed by atoms with Crippen LogP contribution in [0.2, 0.25) is 0 Å². The van der Waals surface area contributed by atoms with Gasteiger partial charge in [0, 0.05) is 56.0 Å². The van der Waals surface area contributed by atoms with E-state index in [2.05, 4.69) is 21.9 Å². The molecule has 2 atom stereocenters. The first-order valence-electron chi connectivity index (χ1n) is 10.8. The fraction of sp³-hybridized carbons (Fsp3) is 0.565. The van der Waals surface area contributed by atoms with Gasteiger partial charge in [-0.25, -0.2) is 9.59 Å². The third-order valence-corrected chi connectivity index (χ3v) is 7.01. The highest BCUT2D eigenvalue weighted by Gasteiger charge is 2.78. The second-order valence-electron chi connectivity index (χ2n) is 8.73. The number of carbonyl (C=O) groups is 2. The molecule has 30 heavy (non-hydrogen) atoms. The van der Waals surface area contributed by atoms with Crippen LogP contribution < -0.4 is 4.90 Å². The molecule has 3 fully saturated rings. The molecule has 1 heterocycles. The predicted octanol–water partition coefficient (Wildman–Crippen LogP) is 2.06. The molecule has 1 aromatic rings. The molecule has 162 valence electrons. The zero-order chi connectivity index (χ0) is 21.2. The van der Waals surface area contributed by atoms with Crippen molar-refractivity contribution in [3.05, 3.63) is 42.5 Å². The number of anilines is 1. The average Bonchev–Trinajstić information content (AvgIpc) is 3.21. The standard InChI is InChI=1S/C23H30N2O5/c26-19(27)9-10-20(28)30-21-22(11-5-2-6-12-22)23(21,29)17-24-13-15-25(16-14-24)18-7-3-1-4-8-18/h1,3-4,7-10,21,29H,2,5-6,11-17H2,(H,26,27)/b10-9+/t21?,23-/m0/s1. The van der Waals surface area contributed by atoms with Crippen LogP contribution in [-0.4, -0.2) is 71.5 Å². The Morgan fingerprint density at radius 3 is 2.33 bits per heavy atom. The average molecular weight is 415 g/mol. The Kier molecular flexibility index (Phi) is 5.84. The molecular weight excluding hydrogens is 384 g/mol. The minimum absolute atomic E-state index is 0.394. The lowest BCUT2D eigenvalue weighted by Gasteiger charge is -2.38. The summed E-state index contributed by atoms with van der Waals surface area (Å²) in [5, 5.41) is 20.3. The summed E-state index contributed by atoms with van der Waals surface area (Å²) >= 11 is 0. The van der Waals surface area contributed by atoms with Crippen molar-refractivity contribution in [1.82, 2.24) is 4.90 Å². The highest BCUT2D eigenvalue weighted by atomic mass is 16.6. The van der Waals surface area contributed by atoms with Crippen molar-refractivity contribution < 1.29 is 24.5 Å². The van der Waals surface area contributed by atoms with Gasteiger partial charge in [0.25, 0.3) is 0 Å². The number of aliphatic carboxylic acids is 1. The maximum Gasteiger partial charge on any atom is 0.331 e. The Balaban J connectivity index is 1.40. The Bertz CT molecular complexity index is 797. The molecule has 2 aliphatic carbocycles. The third kappa shape index (κ3) is 3.96. The van der Waals surface area contributed by atoms with Crippen LogP contribution in [0.15, 0.2) is 42.5 Å². The van der Waals surface area contributed by atoms with Crippen LogP contribution in [0.5, 0.6) is 0 Å². The topological polar surface area (TPSA) is 90.3 Å². The van der Waals surface area contributed by atoms with E-state index in [1.165, 1.54) is 5.69 Å². The molecule has 1 aliphatic heterocycles. The summed E-state index contributed by atoms with van der Waals surface area (Å²) in [6.07, 6.45) is 5.99. The van der Waals surface area contributed by atoms with E-state index in [1.54, 1.807) is 0 Å². The van der Waals surface area contributed by atoms with Crippen molar-refractivity contribution in [3.8, 4) is 0 Å². The van der Waals surface area contributed by atoms with Gasteiger partial charge in [0.05, 0.1) is 0 Å². The number of benzene rings is 1. The number of rotatable bonds is 6. The van der Waals surface area contributed by atoms with Gasteiger partial charge in [0.15, 0.2) is 0 Å². The molecule has 0 bridgehead atoms. The summed E-state index contributed by atoms with van der Waals surface area (Å²) in [6, 6.07) is 10.3. The molecule has 3 aliphatic rings. The van der Waals surface area contributed by atoms with Crippen molar-refractivity contribution in [2.24, 2.45) is 5.41 Å². The van der Waals surface area contributed by atoms with Gasteiger partial charge in [-0.3, -0.25) is 4.90 Å². The van der Waals surface area contributed by atoms with Crippen LogP contribution >= 0.6 is 0 Å². The van der Waals surface area contributed by atoms with E-state index >= 15 is 0 Å². The summed E-state index contributed by atoms with van der Waals surface area (Å²) in [6.45, 7) is 3.94. The number of carbonyl (C=O) groups excluding carboxylic acids is 1. The molecule has 0 aromatic heterocycles. The van der Waals surface area contributed by atoms with Crippen LogP contribution in [0.3, 0.4) is 0 Å². The van der Waals surface area contributed by atoms with Gasteiger partial charge in [-0.15, -0.1) is 0 Å². The molecule has 2 N–H and O–H groups in total. The third-order valence-electron chi connectivity index (χ3n) is 7.01. The van der Waals surface area contributed by atoms with Gasteiger partial charge in [0.1, 0.15) is 11.7 Å². The summed E-state index contributed by atoms with van der Waals surface area (Å²) < 4.78 is 5.58. The van der Waals surface area contributed by atoms with Gasteiger partial charge in [-0.1, -0.05) is 37.5 Å². The van der Waals surface area contributed by atoms with Gasteiger partial charge in [-0.2, -0.15) is 0 Å². The highest BCUT2D eigenvalue weighted by molar-refractivity contribution is 5.91. The van der Waals surface area contributed by atoms with Crippen LogP contribution in [0, 0.1) is 5.41 Å². The van der Waals surface area contributed by atoms with Crippen molar-refractivity contribution in [2.45, 2.75) is 43.8 Å². The molecule has 1 aromatic carbocycles. The number of hydrogen-bond acceptors (Lipinski definition) is 6. The molecule has 7 nitrogen and oxygen atoms in total. The molecule has 1 unspecified atom stereocenters. The van der Waals surface area contributed by atoms with Gasteiger partial charge in [-0.05, 0) is 25.0 Å². The van der Waals surface area contributed by atoms with Crippen molar-refractivity contribution in [2.75, 3.05) is 37.6 Å². The number of hydrogen-bond donors (Lipinski definition) is 2. The first-order chi connectivity index (χ1) is 14.4. The summed E-state index contributed by atoms with van der Waals surface area (Å²) in [5.74, 6) is -1.89. The molecule has 0 radical (unpaired) electrons. The van der Waals surface area contributed by atoms with E-state index in [9.17, 15) is 14.7 Å². The number of ether oxygens (including phenoxy) is 1. The van der Waals surface area contributed by atoms with Crippen LogP contribution in [0.1, 0.15) is 32.1 Å². The number of aliphatic hydroxyl groups is 1. The van der Waals surface area contributed by atoms with Crippen LogP contribution in [-0.2, 0) is 14.3 Å². The highest BCUT2D eigenvalue weighted by Crippen LogP contribution is 2.66. The first kappa shape index (κ1) is 20.9. The molecule has 0 amide bonds. The minimum atomic E-state index is -1.19. The molecule has 2 saturated carbocycles. The molecule has 1 spiro atoms. The van der Waals surface area contributed by atoms with Crippen molar-refractivity contribution in [1.29, 1.82) is 0 Å². The molecule has 4 rings (SSSR count). The zero-order valence-electron chi connectivity index (χ0n) is 17.2. The van der Waals surface area contributed by atoms with E-state index in [0.29, 0.717) is 6.54 Å². The fourth-order valence-corrected chi connectivity index (χ4v) is 5.37. The second kappa shape index (κ2) is 8.40. The summed E-state index contributed by atoms with van der Waals surface area (Å²) in [7, 11) is 0. The largest absolute Gasteiger partial charge is 0.478 e. The number of β-amino-alcohol motifs (C(OH)–C–C–N with tert-alkyl or cyclic N) is 1. The molecule has 7 heteroatoms. The zero-order valence-corrected chi connectivity index (χ0v) is 17.2. The first-order valence-corrected chi connectivity index (χ1v) is 10.8. The Morgan fingerprint density at radius 1 is 1.03 bits per heavy atom. The maximum atomic E-state index is 12.1. The minimum Gasteiger partial charge on any atom is -0.478 e. The molecular formula is C23H30N2O5. The van der Waals surface area contributed by atoms with Gasteiger partial charge in [0.2, 0.25) is 0 Å². The molecule has 1 saturated heterocycles. The Hall–Kier alpha value is -2.38. The maximum absolute atomic E-state index is 12.1. The van der Waals surface area contributed by atoms with Crippen molar-refractivity contribution in [3.63, 3.8) is 0 Å². The van der Waals surface area contributed by atoms with E-state index in [0.717, 1.165) is 70.4 Å². The van der Waals surface area contributed by atoms with Crippen molar-refractivity contribution >= 4 is 17.6 Å². The van der Waals surface area contributed by atoms with Gasteiger partial charge >= 0.3 is 11.9 Å². The van der Waals surface area contributed by atoms with E-state index < -0.39 is 29.1 Å². The number of carboxylic acid groups (broad SMARTS) is 1. The lowest BCUT2D eigenvalue weighted by Crippen LogP contribution is -2.50. The second-order valence-corrected chi connectivity index (χ2v) is 8.73. The number of esters is 1. The SMILES string of the molecule is O=C(O)/C=C/C(=O)OC1C2(CCCCC2)[C@]1(O)CN1CCN(c2ccccc2)CC1. The lowest BCUT2D eigenvalue weighted by molar-refractivity contribution is -0.143. The normalized spacial score (nSPS) is 28.6. The number of para-hydroxylation sites is 1. The predicted molar refractivity (Wildman–Crippen MR) is 112 cm³/mol. The van der Waals surface area contributed by atoms with Crippen LogP contribution in [0.25, 0.3) is 0 Å². The Labute approximate surface area is 176 Å². The van der Waals surface area contributed by atoms with E-state index in [-0.39, 0.29) is 0 Å². The smallest absolute Gasteiger partial charge is 0.331 e. The summed E-state index contributed by atoms with van der Waals surface area (Å²) in [4.78, 5) is 27.4. The summed E-state index contributed by atoms with van der Waals surface area (Å²) in [5.41, 5.74) is -0.244. The monoisotopic (exact) mass is 414 g/mol.